The van der Waals surface area contributed by atoms with Gasteiger partial charge in [0, 0.05) is 17.9 Å². The van der Waals surface area contributed by atoms with Gasteiger partial charge in [-0.25, -0.2) is 9.97 Å². The minimum Gasteiger partial charge on any atom is -0.481 e. The van der Waals surface area contributed by atoms with Crippen LogP contribution in [0.5, 0.6) is 0 Å². The van der Waals surface area contributed by atoms with Crippen LogP contribution in [-0.4, -0.2) is 27.1 Å². The molecule has 18 heavy (non-hydrogen) atoms. The summed E-state index contributed by atoms with van der Waals surface area (Å²) >= 11 is 0. The van der Waals surface area contributed by atoms with E-state index in [-0.39, 0.29) is 12.0 Å². The maximum Gasteiger partial charge on any atom is 0.306 e. The van der Waals surface area contributed by atoms with E-state index >= 15 is 0 Å². The molecule has 2 unspecified atom stereocenters. The molecular weight excluding hydrogens is 230 g/mol. The average Bonchev–Trinajstić information content (AvgIpc) is 2.28. The lowest BCUT2D eigenvalue weighted by Gasteiger charge is -2.14. The Labute approximate surface area is 108 Å². The highest BCUT2D eigenvalue weighted by Gasteiger charge is 2.11. The number of hydrogen-bond acceptors (Lipinski definition) is 4. The maximum atomic E-state index is 10.7. The van der Waals surface area contributed by atoms with E-state index in [9.17, 15) is 4.79 Å². The van der Waals surface area contributed by atoms with Crippen molar-refractivity contribution in [3.8, 4) is 0 Å². The third-order valence-corrected chi connectivity index (χ3v) is 2.87. The summed E-state index contributed by atoms with van der Waals surface area (Å²) in [6.45, 7) is 5.72. The average molecular weight is 251 g/mol. The van der Waals surface area contributed by atoms with E-state index in [2.05, 4.69) is 22.2 Å². The van der Waals surface area contributed by atoms with Gasteiger partial charge in [0.1, 0.15) is 0 Å². The van der Waals surface area contributed by atoms with Crippen LogP contribution >= 0.6 is 0 Å². The van der Waals surface area contributed by atoms with Crippen LogP contribution in [0.25, 0.3) is 0 Å². The summed E-state index contributed by atoms with van der Waals surface area (Å²) < 4.78 is 0. The van der Waals surface area contributed by atoms with Crippen LogP contribution in [-0.2, 0) is 4.79 Å². The molecule has 0 radical (unpaired) electrons. The fourth-order valence-corrected chi connectivity index (χ4v) is 1.66. The van der Waals surface area contributed by atoms with E-state index in [4.69, 9.17) is 5.11 Å². The van der Waals surface area contributed by atoms with Gasteiger partial charge in [-0.2, -0.15) is 0 Å². The Morgan fingerprint density at radius 3 is 2.78 bits per heavy atom. The summed E-state index contributed by atoms with van der Waals surface area (Å²) in [5.74, 6) is -0.362. The van der Waals surface area contributed by atoms with E-state index in [1.165, 1.54) is 0 Å². The van der Waals surface area contributed by atoms with E-state index in [1.807, 2.05) is 13.0 Å². The lowest BCUT2D eigenvalue weighted by Crippen LogP contribution is -2.18. The van der Waals surface area contributed by atoms with Crippen molar-refractivity contribution in [3.05, 3.63) is 18.0 Å². The minimum absolute atomic E-state index is 0.243. The van der Waals surface area contributed by atoms with Crippen molar-refractivity contribution in [1.29, 1.82) is 0 Å². The highest BCUT2D eigenvalue weighted by molar-refractivity contribution is 5.69. The largest absolute Gasteiger partial charge is 0.481 e. The number of aliphatic carboxylic acids is 1. The quantitative estimate of drug-likeness (QED) is 0.778. The van der Waals surface area contributed by atoms with Gasteiger partial charge in [0.25, 0.3) is 0 Å². The first-order valence-corrected chi connectivity index (χ1v) is 6.28. The highest BCUT2D eigenvalue weighted by Crippen LogP contribution is 2.11. The van der Waals surface area contributed by atoms with Gasteiger partial charge in [0.2, 0.25) is 5.95 Å². The molecule has 0 saturated heterocycles. The van der Waals surface area contributed by atoms with Gasteiger partial charge in [0.15, 0.2) is 0 Å². The molecule has 0 fully saturated rings. The number of hydrogen-bond donors (Lipinski definition) is 2. The Bertz CT molecular complexity index is 396. The van der Waals surface area contributed by atoms with Crippen LogP contribution < -0.4 is 5.32 Å². The monoisotopic (exact) mass is 251 g/mol. The number of anilines is 1. The Hall–Kier alpha value is -1.65. The molecule has 2 N–H and O–H groups in total. The molecule has 0 bridgehead atoms. The number of aromatic nitrogens is 2. The molecule has 5 nitrogen and oxygen atoms in total. The van der Waals surface area contributed by atoms with E-state index in [0.717, 1.165) is 18.5 Å². The third kappa shape index (κ3) is 5.12. The second-order valence-corrected chi connectivity index (χ2v) is 4.74. The van der Waals surface area contributed by atoms with Gasteiger partial charge in [-0.15, -0.1) is 0 Å². The SMILES string of the molecule is Cc1ccnc(NC(C)CCCC(C)C(=O)O)n1. The zero-order chi connectivity index (χ0) is 13.5. The normalized spacial score (nSPS) is 13.9. The Morgan fingerprint density at radius 1 is 1.44 bits per heavy atom. The predicted molar refractivity (Wildman–Crippen MR) is 70.5 cm³/mol. The van der Waals surface area contributed by atoms with Crippen molar-refractivity contribution in [3.63, 3.8) is 0 Å². The first-order chi connectivity index (χ1) is 8.49. The van der Waals surface area contributed by atoms with Crippen molar-refractivity contribution >= 4 is 11.9 Å². The number of carboxylic acid groups (broad SMARTS) is 1. The molecule has 1 heterocycles. The molecule has 0 saturated carbocycles. The summed E-state index contributed by atoms with van der Waals surface area (Å²) in [6.07, 6.45) is 4.22. The second-order valence-electron chi connectivity index (χ2n) is 4.74. The van der Waals surface area contributed by atoms with Crippen molar-refractivity contribution in [2.45, 2.75) is 46.1 Å². The summed E-state index contributed by atoms with van der Waals surface area (Å²) in [7, 11) is 0. The molecule has 0 aliphatic heterocycles. The zero-order valence-corrected chi connectivity index (χ0v) is 11.2. The maximum absolute atomic E-state index is 10.7. The molecule has 0 aliphatic carbocycles. The summed E-state index contributed by atoms with van der Waals surface area (Å²) in [4.78, 5) is 19.1. The molecule has 1 aromatic heterocycles. The van der Waals surface area contributed by atoms with Gasteiger partial charge in [-0.05, 0) is 32.8 Å². The lowest BCUT2D eigenvalue weighted by atomic mass is 10.0. The zero-order valence-electron chi connectivity index (χ0n) is 11.2. The standard InChI is InChI=1S/C13H21N3O2/c1-9(12(17)18)5-4-6-10(2)15-13-14-8-7-11(3)16-13/h7-10H,4-6H2,1-3H3,(H,17,18)(H,14,15,16). The summed E-state index contributed by atoms with van der Waals surface area (Å²) in [6, 6.07) is 2.09. The van der Waals surface area contributed by atoms with Crippen LogP contribution in [0.4, 0.5) is 5.95 Å². The van der Waals surface area contributed by atoms with Crippen LogP contribution in [0, 0.1) is 12.8 Å². The topological polar surface area (TPSA) is 75.1 Å². The highest BCUT2D eigenvalue weighted by atomic mass is 16.4. The fourth-order valence-electron chi connectivity index (χ4n) is 1.66. The molecule has 0 amide bonds. The van der Waals surface area contributed by atoms with Gasteiger partial charge >= 0.3 is 5.97 Å². The van der Waals surface area contributed by atoms with Crippen LogP contribution in [0.3, 0.4) is 0 Å². The summed E-state index contributed by atoms with van der Waals surface area (Å²) in [5.41, 5.74) is 0.930. The molecule has 5 heteroatoms. The molecular formula is C13H21N3O2. The van der Waals surface area contributed by atoms with E-state index < -0.39 is 5.97 Å². The molecule has 0 spiro atoms. The van der Waals surface area contributed by atoms with Gasteiger partial charge in [0.05, 0.1) is 5.92 Å². The first-order valence-electron chi connectivity index (χ1n) is 6.28. The number of carbonyl (C=O) groups is 1. The Kier molecular flexibility index (Phi) is 5.55. The van der Waals surface area contributed by atoms with Gasteiger partial charge in [-0.1, -0.05) is 13.3 Å². The van der Waals surface area contributed by atoms with Crippen LogP contribution in [0.2, 0.25) is 0 Å². The molecule has 100 valence electrons. The number of carboxylic acids is 1. The van der Waals surface area contributed by atoms with Crippen LogP contribution in [0.15, 0.2) is 12.3 Å². The number of rotatable bonds is 7. The summed E-state index contributed by atoms with van der Waals surface area (Å²) in [5, 5.41) is 12.0. The predicted octanol–water partition coefficient (Wildman–Crippen LogP) is 2.48. The third-order valence-electron chi connectivity index (χ3n) is 2.87. The Balaban J connectivity index is 2.29. The number of nitrogens with one attached hydrogen (secondary N) is 1. The molecule has 0 aromatic carbocycles. The van der Waals surface area contributed by atoms with E-state index in [0.29, 0.717) is 12.4 Å². The van der Waals surface area contributed by atoms with Crippen molar-refractivity contribution < 1.29 is 9.90 Å². The smallest absolute Gasteiger partial charge is 0.306 e. The number of nitrogens with zero attached hydrogens (tertiary/aromatic N) is 2. The molecule has 2 atom stereocenters. The second kappa shape index (κ2) is 6.93. The van der Waals surface area contributed by atoms with Crippen molar-refractivity contribution in [1.82, 2.24) is 9.97 Å². The van der Waals surface area contributed by atoms with E-state index in [1.54, 1.807) is 13.1 Å². The van der Waals surface area contributed by atoms with Gasteiger partial charge < -0.3 is 10.4 Å². The minimum atomic E-state index is -0.724. The fraction of sp³-hybridized carbons (Fsp3) is 0.615. The molecule has 0 aliphatic rings. The lowest BCUT2D eigenvalue weighted by molar-refractivity contribution is -0.141. The first kappa shape index (κ1) is 14.4. The van der Waals surface area contributed by atoms with Crippen LogP contribution in [0.1, 0.15) is 38.8 Å². The van der Waals surface area contributed by atoms with Crippen molar-refractivity contribution in [2.75, 3.05) is 5.32 Å². The number of aryl methyl sites for hydroxylation is 1. The molecule has 1 aromatic rings. The van der Waals surface area contributed by atoms with Crippen molar-refractivity contribution in [2.24, 2.45) is 5.92 Å². The van der Waals surface area contributed by atoms with Gasteiger partial charge in [-0.3, -0.25) is 4.79 Å². The Morgan fingerprint density at radius 2 is 2.17 bits per heavy atom. The molecule has 1 rings (SSSR count).